The molecule has 0 bridgehead atoms. The molecular formula is C23H20BrCl3N2O3S. The highest BCUT2D eigenvalue weighted by Gasteiger charge is 2.27. The average Bonchev–Trinajstić information content (AvgIpc) is 2.73. The molecule has 0 aromatic heterocycles. The minimum atomic E-state index is -4.02. The van der Waals surface area contributed by atoms with Crippen LogP contribution in [0.2, 0.25) is 15.1 Å². The van der Waals surface area contributed by atoms with Crippen molar-refractivity contribution in [2.75, 3.05) is 11.9 Å². The third-order valence-corrected chi connectivity index (χ3v) is 8.13. The smallest absolute Gasteiger partial charge is 0.243 e. The van der Waals surface area contributed by atoms with Gasteiger partial charge in [0.15, 0.2) is 0 Å². The Morgan fingerprint density at radius 1 is 0.939 bits per heavy atom. The molecule has 0 radical (unpaired) electrons. The first-order chi connectivity index (χ1) is 15.5. The maximum atomic E-state index is 13.4. The minimum absolute atomic E-state index is 0.0239. The molecule has 0 heterocycles. The standard InChI is InChI=1S/C23H20BrCl3N2O3S/c1-14-9-17(24)10-15(2)23(14)28-22(30)13-29(12-16-3-8-20(26)21(27)11-16)33(31,32)19-6-4-18(25)5-7-19/h3-11H,12-13H2,1-2H3,(H,28,30). The van der Waals surface area contributed by atoms with Gasteiger partial charge in [-0.3, -0.25) is 4.79 Å². The lowest BCUT2D eigenvalue weighted by molar-refractivity contribution is -0.116. The number of hydrogen-bond acceptors (Lipinski definition) is 3. The number of carbonyl (C=O) groups is 1. The molecule has 0 saturated carbocycles. The fourth-order valence-electron chi connectivity index (χ4n) is 3.27. The van der Waals surface area contributed by atoms with Crippen LogP contribution in [0.25, 0.3) is 0 Å². The van der Waals surface area contributed by atoms with E-state index in [2.05, 4.69) is 21.2 Å². The Balaban J connectivity index is 1.93. The number of nitrogens with zero attached hydrogens (tertiary/aromatic N) is 1. The number of anilines is 1. The van der Waals surface area contributed by atoms with Crippen LogP contribution in [0.5, 0.6) is 0 Å². The molecule has 5 nitrogen and oxygen atoms in total. The first-order valence-corrected chi connectivity index (χ1v) is 13.1. The maximum Gasteiger partial charge on any atom is 0.243 e. The number of nitrogens with one attached hydrogen (secondary N) is 1. The maximum absolute atomic E-state index is 13.4. The van der Waals surface area contributed by atoms with Crippen LogP contribution >= 0.6 is 50.7 Å². The minimum Gasteiger partial charge on any atom is -0.324 e. The van der Waals surface area contributed by atoms with Gasteiger partial charge in [0.2, 0.25) is 15.9 Å². The van der Waals surface area contributed by atoms with E-state index >= 15 is 0 Å². The van der Waals surface area contributed by atoms with Crippen molar-refractivity contribution in [3.63, 3.8) is 0 Å². The highest BCUT2D eigenvalue weighted by molar-refractivity contribution is 9.10. The van der Waals surface area contributed by atoms with Gasteiger partial charge in [-0.1, -0.05) is 56.8 Å². The Kier molecular flexibility index (Phi) is 8.48. The second-order valence-electron chi connectivity index (χ2n) is 7.44. The molecule has 3 rings (SSSR count). The van der Waals surface area contributed by atoms with Gasteiger partial charge in [0, 0.05) is 21.7 Å². The van der Waals surface area contributed by atoms with Crippen molar-refractivity contribution in [3.05, 3.63) is 90.8 Å². The molecule has 0 aliphatic rings. The normalized spacial score (nSPS) is 11.6. The Morgan fingerprint density at radius 2 is 1.55 bits per heavy atom. The number of sulfonamides is 1. The predicted molar refractivity (Wildman–Crippen MR) is 138 cm³/mol. The fourth-order valence-corrected chi connectivity index (χ4v) is 5.79. The number of carbonyl (C=O) groups excluding carboxylic acids is 1. The summed E-state index contributed by atoms with van der Waals surface area (Å²) in [6.07, 6.45) is 0. The van der Waals surface area contributed by atoms with E-state index in [0.717, 1.165) is 19.9 Å². The lowest BCUT2D eigenvalue weighted by atomic mass is 10.1. The van der Waals surface area contributed by atoms with E-state index in [1.165, 1.54) is 24.3 Å². The number of hydrogen-bond donors (Lipinski definition) is 1. The molecule has 3 aromatic rings. The largest absolute Gasteiger partial charge is 0.324 e. The van der Waals surface area contributed by atoms with Crippen molar-refractivity contribution in [1.29, 1.82) is 0 Å². The summed E-state index contributed by atoms with van der Waals surface area (Å²) in [6.45, 7) is 3.25. The summed E-state index contributed by atoms with van der Waals surface area (Å²) in [6, 6.07) is 14.4. The topological polar surface area (TPSA) is 66.5 Å². The van der Waals surface area contributed by atoms with Gasteiger partial charge in [0.25, 0.3) is 0 Å². The van der Waals surface area contributed by atoms with Crippen LogP contribution in [0.4, 0.5) is 5.69 Å². The molecule has 3 aromatic carbocycles. The van der Waals surface area contributed by atoms with E-state index in [1.54, 1.807) is 18.2 Å². The van der Waals surface area contributed by atoms with Gasteiger partial charge in [-0.05, 0) is 79.1 Å². The molecule has 0 aliphatic carbocycles. The van der Waals surface area contributed by atoms with Gasteiger partial charge in [0.05, 0.1) is 21.5 Å². The van der Waals surface area contributed by atoms with Crippen LogP contribution in [0.15, 0.2) is 64.0 Å². The van der Waals surface area contributed by atoms with Gasteiger partial charge in [0.1, 0.15) is 0 Å². The lowest BCUT2D eigenvalue weighted by Crippen LogP contribution is -2.37. The zero-order chi connectivity index (χ0) is 24.3. The number of rotatable bonds is 7. The van der Waals surface area contributed by atoms with E-state index in [9.17, 15) is 13.2 Å². The summed E-state index contributed by atoms with van der Waals surface area (Å²) >= 11 is 21.4. The van der Waals surface area contributed by atoms with Gasteiger partial charge < -0.3 is 5.32 Å². The molecule has 174 valence electrons. The molecule has 0 atom stereocenters. The van der Waals surface area contributed by atoms with Crippen molar-refractivity contribution < 1.29 is 13.2 Å². The van der Waals surface area contributed by atoms with Crippen molar-refractivity contribution >= 4 is 72.4 Å². The van der Waals surface area contributed by atoms with Crippen LogP contribution in [-0.4, -0.2) is 25.2 Å². The van der Waals surface area contributed by atoms with E-state index in [4.69, 9.17) is 34.8 Å². The zero-order valence-electron chi connectivity index (χ0n) is 17.7. The fraction of sp³-hybridized carbons (Fsp3) is 0.174. The van der Waals surface area contributed by atoms with E-state index in [0.29, 0.717) is 26.3 Å². The zero-order valence-corrected chi connectivity index (χ0v) is 22.4. The highest BCUT2D eigenvalue weighted by atomic mass is 79.9. The Morgan fingerprint density at radius 3 is 2.12 bits per heavy atom. The van der Waals surface area contributed by atoms with E-state index in [1.807, 2.05) is 26.0 Å². The number of benzene rings is 3. The second kappa shape index (κ2) is 10.8. The van der Waals surface area contributed by atoms with Crippen LogP contribution in [0.3, 0.4) is 0 Å². The molecule has 0 saturated heterocycles. The number of halogens is 4. The lowest BCUT2D eigenvalue weighted by Gasteiger charge is -2.23. The second-order valence-corrected chi connectivity index (χ2v) is 11.5. The van der Waals surface area contributed by atoms with Crippen molar-refractivity contribution in [2.24, 2.45) is 0 Å². The third kappa shape index (κ3) is 6.50. The molecule has 1 N–H and O–H groups in total. The monoisotopic (exact) mass is 588 g/mol. The first-order valence-electron chi connectivity index (χ1n) is 9.73. The van der Waals surface area contributed by atoms with Crippen molar-refractivity contribution in [3.8, 4) is 0 Å². The molecule has 0 unspecified atom stereocenters. The average molecular weight is 591 g/mol. The van der Waals surface area contributed by atoms with E-state index < -0.39 is 22.5 Å². The van der Waals surface area contributed by atoms with Crippen molar-refractivity contribution in [1.82, 2.24) is 4.31 Å². The molecular weight excluding hydrogens is 571 g/mol. The predicted octanol–water partition coefficient (Wildman–Crippen LogP) is 6.86. The van der Waals surface area contributed by atoms with Gasteiger partial charge in [-0.15, -0.1) is 0 Å². The molecule has 10 heteroatoms. The Hall–Kier alpha value is -1.61. The summed E-state index contributed by atoms with van der Waals surface area (Å²) in [5, 5.41) is 3.90. The van der Waals surface area contributed by atoms with Gasteiger partial charge in [-0.2, -0.15) is 4.31 Å². The Bertz CT molecular complexity index is 1280. The first kappa shape index (κ1) is 26.0. The summed E-state index contributed by atoms with van der Waals surface area (Å²) < 4.78 is 28.8. The van der Waals surface area contributed by atoms with Crippen LogP contribution in [-0.2, 0) is 21.4 Å². The molecule has 0 fully saturated rings. The number of amides is 1. The van der Waals surface area contributed by atoms with Crippen LogP contribution in [0.1, 0.15) is 16.7 Å². The summed E-state index contributed by atoms with van der Waals surface area (Å²) in [7, 11) is -4.02. The highest BCUT2D eigenvalue weighted by Crippen LogP contribution is 2.27. The number of aryl methyl sites for hydroxylation is 2. The molecule has 1 amide bonds. The van der Waals surface area contributed by atoms with E-state index in [-0.39, 0.29) is 11.4 Å². The molecule has 0 aliphatic heterocycles. The van der Waals surface area contributed by atoms with Crippen molar-refractivity contribution in [2.45, 2.75) is 25.3 Å². The Labute approximate surface area is 216 Å². The summed E-state index contributed by atoms with van der Waals surface area (Å²) in [5.41, 5.74) is 2.94. The quantitative estimate of drug-likeness (QED) is 0.327. The molecule has 0 spiro atoms. The summed E-state index contributed by atoms with van der Waals surface area (Å²) in [5.74, 6) is -0.471. The van der Waals surface area contributed by atoms with Crippen LogP contribution < -0.4 is 5.32 Å². The van der Waals surface area contributed by atoms with Gasteiger partial charge >= 0.3 is 0 Å². The third-order valence-electron chi connectivity index (χ3n) is 4.88. The van der Waals surface area contributed by atoms with Crippen LogP contribution in [0, 0.1) is 13.8 Å². The molecule has 33 heavy (non-hydrogen) atoms. The summed E-state index contributed by atoms with van der Waals surface area (Å²) in [4.78, 5) is 13.0. The van der Waals surface area contributed by atoms with Gasteiger partial charge in [-0.25, -0.2) is 8.42 Å². The SMILES string of the molecule is Cc1cc(Br)cc(C)c1NC(=O)CN(Cc1ccc(Cl)c(Cl)c1)S(=O)(=O)c1ccc(Cl)cc1.